The molecule has 2 unspecified atom stereocenters. The van der Waals surface area contributed by atoms with Crippen LogP contribution in [0.3, 0.4) is 0 Å². The van der Waals surface area contributed by atoms with Crippen molar-refractivity contribution in [3.8, 4) is 0 Å². The monoisotopic (exact) mass is 441 g/mol. The van der Waals surface area contributed by atoms with E-state index in [0.717, 1.165) is 56.9 Å². The Morgan fingerprint density at radius 2 is 1.84 bits per heavy atom. The Morgan fingerprint density at radius 1 is 1.12 bits per heavy atom. The molecule has 1 fully saturated rings. The summed E-state index contributed by atoms with van der Waals surface area (Å²) >= 11 is 0. The van der Waals surface area contributed by atoms with Crippen molar-refractivity contribution in [1.29, 1.82) is 0 Å². The molecule has 1 aliphatic heterocycles. The number of rotatable bonds is 9. The lowest BCUT2D eigenvalue weighted by Gasteiger charge is -2.36. The van der Waals surface area contributed by atoms with Crippen LogP contribution in [0, 0.1) is 12.8 Å². The summed E-state index contributed by atoms with van der Waals surface area (Å²) < 4.78 is 7.55. The van der Waals surface area contributed by atoms with Crippen LogP contribution in [0.4, 0.5) is 0 Å². The van der Waals surface area contributed by atoms with E-state index in [4.69, 9.17) is 9.73 Å². The highest BCUT2D eigenvalue weighted by molar-refractivity contribution is 5.80. The lowest BCUT2D eigenvalue weighted by Crippen LogP contribution is -2.51. The maximum absolute atomic E-state index is 5.57. The minimum Gasteiger partial charge on any atom is -0.379 e. The van der Waals surface area contributed by atoms with E-state index in [1.54, 1.807) is 0 Å². The third-order valence-electron chi connectivity index (χ3n) is 6.02. The van der Waals surface area contributed by atoms with Gasteiger partial charge in [-0.3, -0.25) is 4.90 Å². The van der Waals surface area contributed by atoms with Crippen LogP contribution in [0.1, 0.15) is 50.4 Å². The van der Waals surface area contributed by atoms with Crippen LogP contribution in [-0.4, -0.2) is 64.5 Å². The van der Waals surface area contributed by atoms with Gasteiger partial charge in [0.2, 0.25) is 0 Å². The summed E-state index contributed by atoms with van der Waals surface area (Å²) in [6.07, 6.45) is 1.14. The molecule has 0 spiro atoms. The number of nitrogens with one attached hydrogen (secondary N) is 2. The van der Waals surface area contributed by atoms with E-state index in [1.165, 1.54) is 5.56 Å². The number of aromatic nitrogens is 3. The summed E-state index contributed by atoms with van der Waals surface area (Å²) in [6, 6.07) is 11.0. The second-order valence-corrected chi connectivity index (χ2v) is 8.98. The van der Waals surface area contributed by atoms with E-state index in [1.807, 2.05) is 24.6 Å². The zero-order valence-electron chi connectivity index (χ0n) is 20.2. The van der Waals surface area contributed by atoms with Crippen LogP contribution in [0.25, 0.3) is 0 Å². The van der Waals surface area contributed by atoms with Crippen molar-refractivity contribution in [1.82, 2.24) is 30.3 Å². The molecule has 2 N–H and O–H groups in total. The fraction of sp³-hybridized carbons (Fsp3) is 0.625. The zero-order chi connectivity index (χ0) is 22.9. The fourth-order valence-corrected chi connectivity index (χ4v) is 3.98. The van der Waals surface area contributed by atoms with Gasteiger partial charge in [0.25, 0.3) is 0 Å². The van der Waals surface area contributed by atoms with Crippen molar-refractivity contribution < 1.29 is 4.74 Å². The van der Waals surface area contributed by atoms with Crippen molar-refractivity contribution in [3.63, 3.8) is 0 Å². The molecule has 3 rings (SSSR count). The smallest absolute Gasteiger partial charge is 0.192 e. The standard InChI is InChI=1S/C24H39N7O/c1-18(2)15-22(31-11-13-32-14-12-31)16-25-24(26-17-23-29-28-20(4)30(23)5)27-19(3)21-9-7-6-8-10-21/h6-10,18-19,22H,11-17H2,1-5H3,(H2,25,26,27). The normalized spacial score (nSPS) is 17.4. The van der Waals surface area contributed by atoms with Gasteiger partial charge in [0, 0.05) is 32.7 Å². The average molecular weight is 442 g/mol. The van der Waals surface area contributed by atoms with Gasteiger partial charge in [0.05, 0.1) is 19.3 Å². The van der Waals surface area contributed by atoms with Crippen molar-refractivity contribution in [2.45, 2.75) is 52.7 Å². The van der Waals surface area contributed by atoms with Crippen LogP contribution in [0.5, 0.6) is 0 Å². The third kappa shape index (κ3) is 7.03. The summed E-state index contributed by atoms with van der Waals surface area (Å²) in [7, 11) is 1.98. The quantitative estimate of drug-likeness (QED) is 0.460. The number of morpholine rings is 1. The molecule has 0 aliphatic carbocycles. The largest absolute Gasteiger partial charge is 0.379 e. The molecule has 0 bridgehead atoms. The van der Waals surface area contributed by atoms with Gasteiger partial charge in [0.1, 0.15) is 12.4 Å². The molecule has 176 valence electrons. The van der Waals surface area contributed by atoms with E-state index in [0.29, 0.717) is 18.5 Å². The van der Waals surface area contributed by atoms with Gasteiger partial charge in [-0.05, 0) is 31.7 Å². The van der Waals surface area contributed by atoms with Crippen molar-refractivity contribution in [2.75, 3.05) is 32.8 Å². The van der Waals surface area contributed by atoms with Crippen molar-refractivity contribution in [2.24, 2.45) is 18.0 Å². The first-order valence-electron chi connectivity index (χ1n) is 11.7. The Balaban J connectivity index is 1.72. The first kappa shape index (κ1) is 24.2. The predicted molar refractivity (Wildman–Crippen MR) is 129 cm³/mol. The molecule has 8 nitrogen and oxygen atoms in total. The highest BCUT2D eigenvalue weighted by atomic mass is 16.5. The molecule has 1 aromatic heterocycles. The summed E-state index contributed by atoms with van der Waals surface area (Å²) in [5.41, 5.74) is 1.23. The topological polar surface area (TPSA) is 79.6 Å². The van der Waals surface area contributed by atoms with E-state index in [2.05, 4.69) is 70.8 Å². The Labute approximate surface area is 192 Å². The van der Waals surface area contributed by atoms with Crippen LogP contribution < -0.4 is 10.6 Å². The predicted octanol–water partition coefficient (Wildman–Crippen LogP) is 2.67. The number of ether oxygens (including phenoxy) is 1. The minimum absolute atomic E-state index is 0.135. The number of nitrogens with zero attached hydrogens (tertiary/aromatic N) is 5. The third-order valence-corrected chi connectivity index (χ3v) is 6.02. The minimum atomic E-state index is 0.135. The summed E-state index contributed by atoms with van der Waals surface area (Å²) in [5, 5.41) is 15.6. The molecule has 32 heavy (non-hydrogen) atoms. The second-order valence-electron chi connectivity index (χ2n) is 8.98. The highest BCUT2D eigenvalue weighted by Gasteiger charge is 2.22. The molecule has 1 aromatic carbocycles. The first-order chi connectivity index (χ1) is 15.4. The van der Waals surface area contributed by atoms with Gasteiger partial charge in [-0.15, -0.1) is 10.2 Å². The summed E-state index contributed by atoms with van der Waals surface area (Å²) in [4.78, 5) is 7.40. The van der Waals surface area contributed by atoms with Gasteiger partial charge in [0.15, 0.2) is 11.8 Å². The van der Waals surface area contributed by atoms with E-state index in [-0.39, 0.29) is 6.04 Å². The molecular formula is C24H39N7O. The molecule has 2 heterocycles. The van der Waals surface area contributed by atoms with Gasteiger partial charge in [-0.2, -0.15) is 0 Å². The highest BCUT2D eigenvalue weighted by Crippen LogP contribution is 2.14. The molecule has 0 saturated carbocycles. The van der Waals surface area contributed by atoms with E-state index < -0.39 is 0 Å². The Kier molecular flexibility index (Phi) is 9.05. The van der Waals surface area contributed by atoms with Gasteiger partial charge >= 0.3 is 0 Å². The van der Waals surface area contributed by atoms with Gasteiger partial charge in [-0.25, -0.2) is 4.99 Å². The Bertz CT molecular complexity index is 843. The fourth-order valence-electron chi connectivity index (χ4n) is 3.98. The molecule has 2 atom stereocenters. The van der Waals surface area contributed by atoms with Crippen molar-refractivity contribution in [3.05, 3.63) is 47.5 Å². The summed E-state index contributed by atoms with van der Waals surface area (Å²) in [5.74, 6) is 3.16. The zero-order valence-corrected chi connectivity index (χ0v) is 20.2. The molecule has 0 radical (unpaired) electrons. The van der Waals surface area contributed by atoms with Crippen LogP contribution >= 0.6 is 0 Å². The first-order valence-corrected chi connectivity index (χ1v) is 11.7. The lowest BCUT2D eigenvalue weighted by molar-refractivity contribution is 0.0132. The average Bonchev–Trinajstić information content (AvgIpc) is 3.13. The lowest BCUT2D eigenvalue weighted by atomic mass is 10.0. The van der Waals surface area contributed by atoms with Crippen LogP contribution in [0.2, 0.25) is 0 Å². The van der Waals surface area contributed by atoms with Crippen LogP contribution in [-0.2, 0) is 18.3 Å². The van der Waals surface area contributed by atoms with Gasteiger partial charge in [-0.1, -0.05) is 44.2 Å². The van der Waals surface area contributed by atoms with Gasteiger partial charge < -0.3 is 19.9 Å². The Morgan fingerprint density at radius 3 is 2.47 bits per heavy atom. The second kappa shape index (κ2) is 12.0. The number of benzene rings is 1. The number of hydrogen-bond donors (Lipinski definition) is 2. The number of aryl methyl sites for hydroxylation is 1. The summed E-state index contributed by atoms with van der Waals surface area (Å²) in [6.45, 7) is 13.6. The maximum atomic E-state index is 5.57. The molecular weight excluding hydrogens is 402 g/mol. The van der Waals surface area contributed by atoms with E-state index >= 15 is 0 Å². The number of hydrogen-bond acceptors (Lipinski definition) is 5. The number of guanidine groups is 1. The Hall–Kier alpha value is -2.45. The van der Waals surface area contributed by atoms with Crippen LogP contribution in [0.15, 0.2) is 35.3 Å². The molecule has 1 saturated heterocycles. The maximum Gasteiger partial charge on any atom is 0.192 e. The number of aliphatic imine (C=N–C) groups is 1. The van der Waals surface area contributed by atoms with E-state index in [9.17, 15) is 0 Å². The molecule has 8 heteroatoms. The molecule has 0 amide bonds. The molecule has 1 aliphatic rings. The SMILES string of the molecule is Cc1nnc(CN=C(NCC(CC(C)C)N2CCOCC2)NC(C)c2ccccc2)n1C. The molecule has 2 aromatic rings. The van der Waals surface area contributed by atoms with Crippen molar-refractivity contribution >= 4 is 5.96 Å².